The van der Waals surface area contributed by atoms with Crippen molar-refractivity contribution in [2.75, 3.05) is 13.7 Å². The van der Waals surface area contributed by atoms with Crippen molar-refractivity contribution < 1.29 is 4.74 Å². The van der Waals surface area contributed by atoms with E-state index in [4.69, 9.17) is 22.1 Å². The van der Waals surface area contributed by atoms with E-state index in [9.17, 15) is 0 Å². The van der Waals surface area contributed by atoms with Gasteiger partial charge in [0.05, 0.1) is 18.5 Å². The maximum absolute atomic E-state index is 5.25. The number of hydrazone groups is 1. The molecule has 0 aliphatic heterocycles. The van der Waals surface area contributed by atoms with Crippen molar-refractivity contribution >= 4 is 23.5 Å². The number of rotatable bonds is 7. The lowest BCUT2D eigenvalue weighted by Crippen LogP contribution is -2.40. The van der Waals surface area contributed by atoms with Crippen molar-refractivity contribution in [1.29, 1.82) is 0 Å². The van der Waals surface area contributed by atoms with Gasteiger partial charge in [-0.1, -0.05) is 18.2 Å². The van der Waals surface area contributed by atoms with Crippen LogP contribution in [-0.2, 0) is 4.74 Å². The summed E-state index contributed by atoms with van der Waals surface area (Å²) in [6, 6.07) is 13.8. The van der Waals surface area contributed by atoms with Crippen molar-refractivity contribution in [2.24, 2.45) is 5.10 Å². The molecule has 0 unspecified atom stereocenters. The highest BCUT2D eigenvalue weighted by molar-refractivity contribution is 7.80. The highest BCUT2D eigenvalue weighted by Crippen LogP contribution is 2.21. The average Bonchev–Trinajstić information content (AvgIpc) is 3.14. The number of thiocarbonyl (C=S) groups is 1. The number of methoxy groups -OCH3 is 1. The minimum atomic E-state index is 0.0911. The normalized spacial score (nSPS) is 12.1. The van der Waals surface area contributed by atoms with Gasteiger partial charge in [-0.25, -0.2) is 4.68 Å². The molecule has 0 aliphatic carbocycles. The van der Waals surface area contributed by atoms with Crippen LogP contribution < -0.4 is 10.7 Å². The second-order valence-electron chi connectivity index (χ2n) is 6.15. The van der Waals surface area contributed by atoms with Crippen LogP contribution in [0.25, 0.3) is 16.9 Å². The highest BCUT2D eigenvalue weighted by Gasteiger charge is 2.11. The molecule has 0 spiro atoms. The van der Waals surface area contributed by atoms with Crippen LogP contribution in [0.5, 0.6) is 0 Å². The zero-order valence-electron chi connectivity index (χ0n) is 15.7. The van der Waals surface area contributed by atoms with Crippen molar-refractivity contribution in [1.82, 2.24) is 25.5 Å². The van der Waals surface area contributed by atoms with E-state index < -0.39 is 0 Å². The van der Waals surface area contributed by atoms with E-state index in [0.717, 1.165) is 22.5 Å². The fraction of sp³-hybridized carbons (Fsp3) is 0.200. The van der Waals surface area contributed by atoms with Crippen LogP contribution in [0.1, 0.15) is 12.5 Å². The first-order valence-electron chi connectivity index (χ1n) is 8.81. The lowest BCUT2D eigenvalue weighted by Gasteiger charge is -2.13. The van der Waals surface area contributed by atoms with E-state index in [1.807, 2.05) is 60.3 Å². The third kappa shape index (κ3) is 5.21. The Hall–Kier alpha value is -3.10. The summed E-state index contributed by atoms with van der Waals surface area (Å²) in [5, 5.41) is 12.5. The molecule has 3 rings (SSSR count). The third-order valence-electron chi connectivity index (χ3n) is 3.88. The van der Waals surface area contributed by atoms with Crippen molar-refractivity contribution in [3.05, 3.63) is 66.6 Å². The van der Waals surface area contributed by atoms with Crippen LogP contribution in [0.15, 0.2) is 66.2 Å². The molecule has 144 valence electrons. The second kappa shape index (κ2) is 9.72. The fourth-order valence-electron chi connectivity index (χ4n) is 2.64. The van der Waals surface area contributed by atoms with Gasteiger partial charge in [0, 0.05) is 42.9 Å². The Morgan fingerprint density at radius 2 is 2.00 bits per heavy atom. The van der Waals surface area contributed by atoms with E-state index in [-0.39, 0.29) is 6.04 Å². The number of hydrogen-bond acceptors (Lipinski definition) is 5. The Balaban J connectivity index is 1.81. The maximum atomic E-state index is 5.25. The van der Waals surface area contributed by atoms with Gasteiger partial charge in [0.25, 0.3) is 0 Å². The van der Waals surface area contributed by atoms with Crippen LogP contribution in [0.4, 0.5) is 0 Å². The van der Waals surface area contributed by atoms with E-state index in [2.05, 4.69) is 20.8 Å². The summed E-state index contributed by atoms with van der Waals surface area (Å²) in [5.41, 5.74) is 6.43. The van der Waals surface area contributed by atoms with Crippen LogP contribution in [0, 0.1) is 0 Å². The van der Waals surface area contributed by atoms with Gasteiger partial charge >= 0.3 is 0 Å². The molecule has 2 aromatic heterocycles. The van der Waals surface area contributed by atoms with Crippen molar-refractivity contribution in [3.63, 3.8) is 0 Å². The SMILES string of the molecule is COC[C@@H](C)NC(=S)N/N=C\c1cn(-c2ccccc2)nc1-c1ccncc1. The minimum absolute atomic E-state index is 0.0911. The number of benzene rings is 1. The molecular formula is C20H22N6OS. The number of nitrogens with zero attached hydrogens (tertiary/aromatic N) is 4. The van der Waals surface area contributed by atoms with Crippen LogP contribution >= 0.6 is 12.2 Å². The highest BCUT2D eigenvalue weighted by atomic mass is 32.1. The molecule has 2 N–H and O–H groups in total. The molecular weight excluding hydrogens is 372 g/mol. The van der Waals surface area contributed by atoms with Gasteiger partial charge in [-0.3, -0.25) is 10.4 Å². The standard InChI is InChI=1S/C20H22N6OS/c1-15(14-27-2)23-20(28)24-22-12-17-13-26(18-6-4-3-5-7-18)25-19(17)16-8-10-21-11-9-16/h3-13,15H,14H2,1-2H3,(H2,23,24,28)/b22-12-/t15-/m1/s1. The van der Waals surface area contributed by atoms with Crippen molar-refractivity contribution in [3.8, 4) is 16.9 Å². The Kier molecular flexibility index (Phi) is 6.83. The fourth-order valence-corrected chi connectivity index (χ4v) is 2.89. The molecule has 0 radical (unpaired) electrons. The number of hydrogen-bond donors (Lipinski definition) is 2. The first-order valence-corrected chi connectivity index (χ1v) is 9.22. The topological polar surface area (TPSA) is 76.4 Å². The molecule has 1 atom stereocenters. The van der Waals surface area contributed by atoms with E-state index >= 15 is 0 Å². The molecule has 7 nitrogen and oxygen atoms in total. The summed E-state index contributed by atoms with van der Waals surface area (Å²) in [4.78, 5) is 4.08. The molecule has 0 saturated carbocycles. The minimum Gasteiger partial charge on any atom is -0.383 e. The maximum Gasteiger partial charge on any atom is 0.187 e. The van der Waals surface area contributed by atoms with Gasteiger partial charge in [-0.05, 0) is 43.4 Å². The third-order valence-corrected chi connectivity index (χ3v) is 4.09. The first-order chi connectivity index (χ1) is 13.7. The Morgan fingerprint density at radius 3 is 2.71 bits per heavy atom. The summed E-state index contributed by atoms with van der Waals surface area (Å²) in [7, 11) is 1.65. The number of nitrogens with one attached hydrogen (secondary N) is 2. The van der Waals surface area contributed by atoms with E-state index in [1.54, 1.807) is 25.7 Å². The largest absolute Gasteiger partial charge is 0.383 e. The summed E-state index contributed by atoms with van der Waals surface area (Å²) in [6.07, 6.45) is 7.12. The molecule has 0 saturated heterocycles. The summed E-state index contributed by atoms with van der Waals surface area (Å²) >= 11 is 5.25. The van der Waals surface area contributed by atoms with Gasteiger partial charge in [0.1, 0.15) is 5.69 Å². The number of para-hydroxylation sites is 1. The number of aromatic nitrogens is 3. The molecule has 0 bridgehead atoms. The monoisotopic (exact) mass is 394 g/mol. The molecule has 0 fully saturated rings. The summed E-state index contributed by atoms with van der Waals surface area (Å²) in [5.74, 6) is 0. The molecule has 3 aromatic rings. The lowest BCUT2D eigenvalue weighted by atomic mass is 10.1. The van der Waals surface area contributed by atoms with E-state index in [0.29, 0.717) is 11.7 Å². The van der Waals surface area contributed by atoms with Crippen molar-refractivity contribution in [2.45, 2.75) is 13.0 Å². The summed E-state index contributed by atoms with van der Waals surface area (Å²) in [6.45, 7) is 2.54. The van der Waals surface area contributed by atoms with E-state index in [1.165, 1.54) is 0 Å². The first kappa shape index (κ1) is 19.7. The Morgan fingerprint density at radius 1 is 1.25 bits per heavy atom. The van der Waals surface area contributed by atoms with Gasteiger partial charge in [-0.2, -0.15) is 10.2 Å². The predicted molar refractivity (Wildman–Crippen MR) is 115 cm³/mol. The molecule has 28 heavy (non-hydrogen) atoms. The van der Waals surface area contributed by atoms with Crippen LogP contribution in [0.3, 0.4) is 0 Å². The average molecular weight is 395 g/mol. The molecule has 0 amide bonds. The quantitative estimate of drug-likeness (QED) is 0.365. The predicted octanol–water partition coefficient (Wildman–Crippen LogP) is 2.77. The molecule has 2 heterocycles. The number of ether oxygens (including phenoxy) is 1. The zero-order chi connectivity index (χ0) is 19.8. The zero-order valence-corrected chi connectivity index (χ0v) is 16.6. The Labute approximate surface area is 169 Å². The van der Waals surface area contributed by atoms with Gasteiger partial charge in [0.15, 0.2) is 5.11 Å². The second-order valence-corrected chi connectivity index (χ2v) is 6.56. The Bertz CT molecular complexity index is 926. The van der Waals surface area contributed by atoms with Crippen LogP contribution in [-0.4, -0.2) is 45.9 Å². The molecule has 8 heteroatoms. The van der Waals surface area contributed by atoms with Crippen LogP contribution in [0.2, 0.25) is 0 Å². The lowest BCUT2D eigenvalue weighted by molar-refractivity contribution is 0.179. The van der Waals surface area contributed by atoms with Gasteiger partial charge in [0.2, 0.25) is 0 Å². The molecule has 0 aliphatic rings. The smallest absolute Gasteiger partial charge is 0.187 e. The van der Waals surface area contributed by atoms with Gasteiger partial charge < -0.3 is 10.1 Å². The summed E-state index contributed by atoms with van der Waals surface area (Å²) < 4.78 is 6.91. The van der Waals surface area contributed by atoms with Gasteiger partial charge in [-0.15, -0.1) is 0 Å². The molecule has 1 aromatic carbocycles. The number of pyridine rings is 1.